The quantitative estimate of drug-likeness (QED) is 0.782. The van der Waals surface area contributed by atoms with E-state index in [0.717, 1.165) is 22.4 Å². The second-order valence-electron chi connectivity index (χ2n) is 4.95. The van der Waals surface area contributed by atoms with Gasteiger partial charge in [-0.15, -0.1) is 0 Å². The van der Waals surface area contributed by atoms with Crippen molar-refractivity contribution >= 4 is 21.8 Å². The van der Waals surface area contributed by atoms with Crippen molar-refractivity contribution in [1.29, 1.82) is 0 Å². The number of rotatable bonds is 1. The van der Waals surface area contributed by atoms with Crippen LogP contribution in [0.15, 0.2) is 58.0 Å². The minimum absolute atomic E-state index is 0.171. The van der Waals surface area contributed by atoms with Crippen molar-refractivity contribution in [2.75, 3.05) is 0 Å². The first-order valence-corrected chi connectivity index (χ1v) is 7.19. The molecule has 3 heteroatoms. The molecule has 0 radical (unpaired) electrons. The van der Waals surface area contributed by atoms with Crippen molar-refractivity contribution in [1.82, 2.24) is 0 Å². The van der Waals surface area contributed by atoms with E-state index >= 15 is 0 Å². The highest BCUT2D eigenvalue weighted by atomic mass is 79.9. The number of ether oxygens (including phenoxy) is 1. The summed E-state index contributed by atoms with van der Waals surface area (Å²) < 4.78 is 7.09. The smallest absolute Gasteiger partial charge is 0.217 e. The molecule has 0 saturated carbocycles. The molecule has 0 bridgehead atoms. The molecule has 2 aromatic carbocycles. The lowest BCUT2D eigenvalue weighted by atomic mass is 10.1. The molecule has 4 rings (SSSR count). The number of nitrogens with zero attached hydrogens (tertiary/aromatic N) is 1. The molecule has 2 aromatic rings. The van der Waals surface area contributed by atoms with Gasteiger partial charge in [0.25, 0.3) is 0 Å². The molecule has 1 heterocycles. The molecule has 0 amide bonds. The fourth-order valence-electron chi connectivity index (χ4n) is 2.86. The topological polar surface area (TPSA) is 21.6 Å². The number of aliphatic imine (C=N–C) groups is 1. The van der Waals surface area contributed by atoms with Crippen molar-refractivity contribution in [3.8, 4) is 0 Å². The van der Waals surface area contributed by atoms with Gasteiger partial charge in [-0.1, -0.05) is 46.3 Å². The zero-order chi connectivity index (χ0) is 12.8. The van der Waals surface area contributed by atoms with Crippen LogP contribution in [-0.2, 0) is 11.2 Å². The molecule has 2 nitrogen and oxygen atoms in total. The Morgan fingerprint density at radius 1 is 1.11 bits per heavy atom. The van der Waals surface area contributed by atoms with Crippen LogP contribution in [-0.4, -0.2) is 12.0 Å². The normalized spacial score (nSPS) is 23.5. The first-order chi connectivity index (χ1) is 9.31. The zero-order valence-electron chi connectivity index (χ0n) is 10.2. The van der Waals surface area contributed by atoms with Crippen molar-refractivity contribution in [3.63, 3.8) is 0 Å². The fraction of sp³-hybridized carbons (Fsp3) is 0.188. The van der Waals surface area contributed by atoms with Crippen molar-refractivity contribution in [3.05, 3.63) is 69.7 Å². The first kappa shape index (κ1) is 11.2. The summed E-state index contributed by atoms with van der Waals surface area (Å²) in [6.07, 6.45) is 1.13. The highest BCUT2D eigenvalue weighted by Crippen LogP contribution is 2.40. The van der Waals surface area contributed by atoms with Gasteiger partial charge in [0.1, 0.15) is 12.1 Å². The second kappa shape index (κ2) is 4.20. The summed E-state index contributed by atoms with van der Waals surface area (Å²) in [6, 6.07) is 16.8. The van der Waals surface area contributed by atoms with Crippen LogP contribution >= 0.6 is 15.9 Å². The van der Waals surface area contributed by atoms with Gasteiger partial charge in [-0.05, 0) is 29.3 Å². The second-order valence-corrected chi connectivity index (χ2v) is 5.86. The van der Waals surface area contributed by atoms with Crippen LogP contribution in [0.3, 0.4) is 0 Å². The Morgan fingerprint density at radius 2 is 2.00 bits per heavy atom. The van der Waals surface area contributed by atoms with Gasteiger partial charge in [0.2, 0.25) is 5.90 Å². The SMILES string of the molecule is Brc1cccc(C2=N[C@H]3c4ccccc4C[C@@H]3O2)c1. The number of benzene rings is 2. The first-order valence-electron chi connectivity index (χ1n) is 6.39. The molecule has 2 aliphatic rings. The van der Waals surface area contributed by atoms with Gasteiger partial charge < -0.3 is 4.74 Å². The predicted molar refractivity (Wildman–Crippen MR) is 78.4 cm³/mol. The third-order valence-corrected chi connectivity index (χ3v) is 4.23. The van der Waals surface area contributed by atoms with Gasteiger partial charge in [0, 0.05) is 16.5 Å². The van der Waals surface area contributed by atoms with Crippen LogP contribution in [0, 0.1) is 0 Å². The molecule has 0 spiro atoms. The third-order valence-electron chi connectivity index (χ3n) is 3.74. The van der Waals surface area contributed by atoms with Crippen molar-refractivity contribution in [2.45, 2.75) is 18.6 Å². The van der Waals surface area contributed by atoms with Crippen LogP contribution < -0.4 is 0 Å². The number of halogens is 1. The summed E-state index contributed by atoms with van der Waals surface area (Å²) in [6.45, 7) is 0. The average Bonchev–Trinajstić information content (AvgIpc) is 2.96. The predicted octanol–water partition coefficient (Wildman–Crippen LogP) is 3.89. The lowest BCUT2D eigenvalue weighted by molar-refractivity contribution is 0.206. The summed E-state index contributed by atoms with van der Waals surface area (Å²) in [7, 11) is 0. The van der Waals surface area contributed by atoms with Gasteiger partial charge in [-0.3, -0.25) is 0 Å². The standard InChI is InChI=1S/C16H12BrNO/c17-12-6-3-5-11(8-12)16-18-15-13-7-2-1-4-10(13)9-14(15)19-16/h1-8,14-15H,9H2/t14-,15-/m0/s1. The van der Waals surface area contributed by atoms with Gasteiger partial charge in [-0.25, -0.2) is 4.99 Å². The number of hydrogen-bond donors (Lipinski definition) is 0. The van der Waals surface area contributed by atoms with Gasteiger partial charge >= 0.3 is 0 Å². The third kappa shape index (κ3) is 1.80. The maximum Gasteiger partial charge on any atom is 0.217 e. The van der Waals surface area contributed by atoms with Gasteiger partial charge in [0.15, 0.2) is 0 Å². The number of fused-ring (bicyclic) bond motifs is 3. The molecule has 2 atom stereocenters. The molecule has 0 aromatic heterocycles. The largest absolute Gasteiger partial charge is 0.471 e. The minimum atomic E-state index is 0.171. The number of hydrogen-bond acceptors (Lipinski definition) is 2. The van der Waals surface area contributed by atoms with Crippen LogP contribution in [0.25, 0.3) is 0 Å². The molecule has 94 valence electrons. The molecular formula is C16H12BrNO. The highest BCUT2D eigenvalue weighted by molar-refractivity contribution is 9.10. The Balaban J connectivity index is 1.73. The fourth-order valence-corrected chi connectivity index (χ4v) is 3.26. The van der Waals surface area contributed by atoms with E-state index in [0.29, 0.717) is 0 Å². The monoisotopic (exact) mass is 313 g/mol. The van der Waals surface area contributed by atoms with Crippen molar-refractivity contribution in [2.24, 2.45) is 4.99 Å². The summed E-state index contributed by atoms with van der Waals surface area (Å²) in [5.74, 6) is 0.769. The summed E-state index contributed by atoms with van der Waals surface area (Å²) in [5, 5.41) is 0. The molecular weight excluding hydrogens is 302 g/mol. The van der Waals surface area contributed by atoms with Gasteiger partial charge in [0.05, 0.1) is 0 Å². The molecule has 0 fully saturated rings. The van der Waals surface area contributed by atoms with E-state index < -0.39 is 0 Å². The van der Waals surface area contributed by atoms with Crippen LogP contribution in [0.4, 0.5) is 0 Å². The Bertz CT molecular complexity index is 680. The Morgan fingerprint density at radius 3 is 2.89 bits per heavy atom. The maximum absolute atomic E-state index is 6.04. The van der Waals surface area contributed by atoms with Crippen LogP contribution in [0.2, 0.25) is 0 Å². The highest BCUT2D eigenvalue weighted by Gasteiger charge is 2.39. The maximum atomic E-state index is 6.04. The molecule has 0 N–H and O–H groups in total. The summed E-state index contributed by atoms with van der Waals surface area (Å²) in [5.41, 5.74) is 3.73. The van der Waals surface area contributed by atoms with E-state index in [9.17, 15) is 0 Å². The summed E-state index contributed by atoms with van der Waals surface area (Å²) in [4.78, 5) is 4.78. The zero-order valence-corrected chi connectivity index (χ0v) is 11.8. The Hall–Kier alpha value is -1.61. The van der Waals surface area contributed by atoms with Crippen LogP contribution in [0.5, 0.6) is 0 Å². The van der Waals surface area contributed by atoms with E-state index in [-0.39, 0.29) is 12.1 Å². The minimum Gasteiger partial charge on any atom is -0.471 e. The Kier molecular flexibility index (Phi) is 2.49. The van der Waals surface area contributed by atoms with Crippen molar-refractivity contribution < 1.29 is 4.74 Å². The van der Waals surface area contributed by atoms with E-state index in [4.69, 9.17) is 9.73 Å². The van der Waals surface area contributed by atoms with E-state index in [1.807, 2.05) is 24.3 Å². The molecule has 0 unspecified atom stereocenters. The van der Waals surface area contributed by atoms with Crippen LogP contribution in [0.1, 0.15) is 22.7 Å². The van der Waals surface area contributed by atoms with E-state index in [2.05, 4.69) is 40.2 Å². The molecule has 0 saturated heterocycles. The van der Waals surface area contributed by atoms with E-state index in [1.54, 1.807) is 0 Å². The average molecular weight is 314 g/mol. The van der Waals surface area contributed by atoms with E-state index in [1.165, 1.54) is 11.1 Å². The van der Waals surface area contributed by atoms with Gasteiger partial charge in [-0.2, -0.15) is 0 Å². The molecule has 1 aliphatic carbocycles. The lowest BCUT2D eigenvalue weighted by Crippen LogP contribution is -2.13. The molecule has 1 aliphatic heterocycles. The molecule has 19 heavy (non-hydrogen) atoms. The summed E-state index contributed by atoms with van der Waals surface area (Å²) >= 11 is 3.49. The Labute approximate surface area is 120 Å². The lowest BCUT2D eigenvalue weighted by Gasteiger charge is -2.08.